The third-order valence-corrected chi connectivity index (χ3v) is 4.74. The van der Waals surface area contributed by atoms with Crippen molar-refractivity contribution in [1.82, 2.24) is 5.32 Å². The number of sulfone groups is 1. The van der Waals surface area contributed by atoms with Gasteiger partial charge in [-0.1, -0.05) is 20.3 Å². The quantitative estimate of drug-likeness (QED) is 0.708. The second kappa shape index (κ2) is 5.60. The molecule has 0 aromatic heterocycles. The van der Waals surface area contributed by atoms with Crippen LogP contribution in [0.15, 0.2) is 0 Å². The fraction of sp³-hybridized carbons (Fsp3) is 1.00. The van der Waals surface area contributed by atoms with E-state index in [1.165, 1.54) is 0 Å². The van der Waals surface area contributed by atoms with E-state index in [4.69, 9.17) is 0 Å². The van der Waals surface area contributed by atoms with Crippen LogP contribution in [-0.2, 0) is 9.84 Å². The van der Waals surface area contributed by atoms with Crippen LogP contribution in [0.2, 0.25) is 0 Å². The molecule has 0 aliphatic heterocycles. The number of hydrogen-bond acceptors (Lipinski definition) is 3. The zero-order valence-corrected chi connectivity index (χ0v) is 9.82. The monoisotopic (exact) mass is 207 g/mol. The Balaban J connectivity index is 4.23. The molecule has 13 heavy (non-hydrogen) atoms. The summed E-state index contributed by atoms with van der Waals surface area (Å²) in [5.74, 6) is 0.580. The lowest BCUT2D eigenvalue weighted by Crippen LogP contribution is -2.32. The molecule has 0 aliphatic rings. The molecule has 0 heterocycles. The summed E-state index contributed by atoms with van der Waals surface area (Å²) < 4.78 is 23.3. The molecule has 80 valence electrons. The third kappa shape index (κ3) is 4.62. The lowest BCUT2D eigenvalue weighted by molar-refractivity contribution is 0.550. The first kappa shape index (κ1) is 12.9. The average molecular weight is 207 g/mol. The minimum absolute atomic E-state index is 0.268. The van der Waals surface area contributed by atoms with Crippen LogP contribution in [0.4, 0.5) is 0 Å². The Morgan fingerprint density at radius 3 is 2.23 bits per heavy atom. The number of nitrogens with one attached hydrogen (secondary N) is 1. The van der Waals surface area contributed by atoms with Crippen LogP contribution in [0.1, 0.15) is 27.2 Å². The smallest absolute Gasteiger partial charge is 0.154 e. The van der Waals surface area contributed by atoms with Gasteiger partial charge < -0.3 is 5.32 Å². The van der Waals surface area contributed by atoms with E-state index in [0.29, 0.717) is 12.3 Å². The molecular weight excluding hydrogens is 186 g/mol. The van der Waals surface area contributed by atoms with Gasteiger partial charge in [0.25, 0.3) is 0 Å². The van der Waals surface area contributed by atoms with Gasteiger partial charge in [-0.05, 0) is 19.9 Å². The molecule has 0 radical (unpaired) electrons. The van der Waals surface area contributed by atoms with Crippen LogP contribution in [0.5, 0.6) is 0 Å². The van der Waals surface area contributed by atoms with E-state index in [-0.39, 0.29) is 11.2 Å². The van der Waals surface area contributed by atoms with Crippen LogP contribution < -0.4 is 5.32 Å². The summed E-state index contributed by atoms with van der Waals surface area (Å²) in [5, 5.41) is 2.61. The fourth-order valence-electron chi connectivity index (χ4n) is 1.09. The lowest BCUT2D eigenvalue weighted by atomic mass is 10.2. The zero-order chi connectivity index (χ0) is 10.5. The third-order valence-electron chi connectivity index (χ3n) is 2.32. The van der Waals surface area contributed by atoms with Gasteiger partial charge in [0, 0.05) is 6.54 Å². The summed E-state index contributed by atoms with van der Waals surface area (Å²) in [7, 11) is -1.12. The summed E-state index contributed by atoms with van der Waals surface area (Å²) in [5.41, 5.74) is 0. The van der Waals surface area contributed by atoms with E-state index in [9.17, 15) is 8.42 Å². The van der Waals surface area contributed by atoms with Gasteiger partial charge in [0.15, 0.2) is 9.84 Å². The van der Waals surface area contributed by atoms with Gasteiger partial charge in [0.05, 0.1) is 11.0 Å². The minimum atomic E-state index is -2.90. The van der Waals surface area contributed by atoms with Gasteiger partial charge in [-0.25, -0.2) is 8.42 Å². The first-order valence-corrected chi connectivity index (χ1v) is 6.51. The zero-order valence-electron chi connectivity index (χ0n) is 9.00. The first-order chi connectivity index (χ1) is 5.94. The SMILES string of the molecule is CCC(C)CS(=O)(=O)C(C)CNC. The molecule has 0 saturated carbocycles. The molecule has 0 aromatic rings. The highest BCUT2D eigenvalue weighted by Gasteiger charge is 2.21. The van der Waals surface area contributed by atoms with E-state index in [2.05, 4.69) is 5.32 Å². The second-order valence-corrected chi connectivity index (χ2v) is 6.18. The van der Waals surface area contributed by atoms with E-state index < -0.39 is 9.84 Å². The molecule has 0 saturated heterocycles. The van der Waals surface area contributed by atoms with Crippen LogP contribution in [0.25, 0.3) is 0 Å². The van der Waals surface area contributed by atoms with Crippen LogP contribution in [-0.4, -0.2) is 33.0 Å². The van der Waals surface area contributed by atoms with Crippen molar-refractivity contribution in [1.29, 1.82) is 0 Å². The molecule has 3 nitrogen and oxygen atoms in total. The van der Waals surface area contributed by atoms with Crippen molar-refractivity contribution in [3.8, 4) is 0 Å². The van der Waals surface area contributed by atoms with Gasteiger partial charge >= 0.3 is 0 Å². The van der Waals surface area contributed by atoms with Crippen molar-refractivity contribution in [2.24, 2.45) is 5.92 Å². The average Bonchev–Trinajstić information content (AvgIpc) is 2.04. The van der Waals surface area contributed by atoms with Crippen molar-refractivity contribution < 1.29 is 8.42 Å². The minimum Gasteiger partial charge on any atom is -0.318 e. The molecule has 4 heteroatoms. The van der Waals surface area contributed by atoms with Crippen LogP contribution in [0, 0.1) is 5.92 Å². The first-order valence-electron chi connectivity index (χ1n) is 4.80. The van der Waals surface area contributed by atoms with Gasteiger partial charge in [0.1, 0.15) is 0 Å². The van der Waals surface area contributed by atoms with Crippen molar-refractivity contribution >= 4 is 9.84 Å². The second-order valence-electron chi connectivity index (χ2n) is 3.71. The molecule has 0 bridgehead atoms. The van der Waals surface area contributed by atoms with E-state index in [1.807, 2.05) is 13.8 Å². The number of rotatable bonds is 6. The highest BCUT2D eigenvalue weighted by molar-refractivity contribution is 7.92. The topological polar surface area (TPSA) is 46.2 Å². The van der Waals surface area contributed by atoms with Crippen molar-refractivity contribution in [3.63, 3.8) is 0 Å². The molecule has 0 spiro atoms. The molecule has 0 rings (SSSR count). The van der Waals surface area contributed by atoms with E-state index >= 15 is 0 Å². The predicted octanol–water partition coefficient (Wildman–Crippen LogP) is 1.06. The maximum atomic E-state index is 11.6. The Morgan fingerprint density at radius 1 is 1.31 bits per heavy atom. The van der Waals surface area contributed by atoms with E-state index in [1.54, 1.807) is 14.0 Å². The van der Waals surface area contributed by atoms with Crippen molar-refractivity contribution in [3.05, 3.63) is 0 Å². The largest absolute Gasteiger partial charge is 0.318 e. The summed E-state index contributed by atoms with van der Waals surface area (Å²) in [6.07, 6.45) is 0.922. The highest BCUT2D eigenvalue weighted by atomic mass is 32.2. The Hall–Kier alpha value is -0.0900. The molecule has 2 atom stereocenters. The standard InChI is InChI=1S/C9H21NO2S/c1-5-8(2)7-13(11,12)9(3)6-10-4/h8-10H,5-7H2,1-4H3. The molecule has 0 aliphatic carbocycles. The number of hydrogen-bond donors (Lipinski definition) is 1. The Bertz CT molecular complexity index is 224. The van der Waals surface area contributed by atoms with Crippen LogP contribution >= 0.6 is 0 Å². The molecule has 1 N–H and O–H groups in total. The summed E-state index contributed by atoms with van der Waals surface area (Å²) in [6.45, 7) is 6.29. The summed E-state index contributed by atoms with van der Waals surface area (Å²) in [6, 6.07) is 0. The molecule has 0 fully saturated rings. The predicted molar refractivity (Wildman–Crippen MR) is 56.6 cm³/mol. The summed E-state index contributed by atoms with van der Waals surface area (Å²) in [4.78, 5) is 0. The molecule has 0 amide bonds. The maximum absolute atomic E-state index is 11.6. The van der Waals surface area contributed by atoms with Crippen LogP contribution in [0.3, 0.4) is 0 Å². The fourth-order valence-corrected chi connectivity index (χ4v) is 2.87. The van der Waals surface area contributed by atoms with E-state index in [0.717, 1.165) is 6.42 Å². The van der Waals surface area contributed by atoms with Crippen molar-refractivity contribution in [2.45, 2.75) is 32.4 Å². The highest BCUT2D eigenvalue weighted by Crippen LogP contribution is 2.09. The Morgan fingerprint density at radius 2 is 1.85 bits per heavy atom. The Kier molecular flexibility index (Phi) is 5.56. The molecular formula is C9H21NO2S. The van der Waals surface area contributed by atoms with Gasteiger partial charge in [-0.3, -0.25) is 0 Å². The Labute approximate surface area is 81.8 Å². The lowest BCUT2D eigenvalue weighted by Gasteiger charge is -2.15. The van der Waals surface area contributed by atoms with Gasteiger partial charge in [-0.2, -0.15) is 0 Å². The maximum Gasteiger partial charge on any atom is 0.154 e. The van der Waals surface area contributed by atoms with Crippen molar-refractivity contribution in [2.75, 3.05) is 19.3 Å². The van der Waals surface area contributed by atoms with Gasteiger partial charge in [-0.15, -0.1) is 0 Å². The summed E-state index contributed by atoms with van der Waals surface area (Å²) >= 11 is 0. The normalized spacial score (nSPS) is 16.9. The molecule has 2 unspecified atom stereocenters. The molecule has 0 aromatic carbocycles. The van der Waals surface area contributed by atoms with Gasteiger partial charge in [0.2, 0.25) is 0 Å².